The van der Waals surface area contributed by atoms with Crippen LogP contribution in [0, 0.1) is 11.3 Å². The lowest BCUT2D eigenvalue weighted by atomic mass is 9.98. The van der Waals surface area contributed by atoms with Crippen LogP contribution in [-0.2, 0) is 4.79 Å². The summed E-state index contributed by atoms with van der Waals surface area (Å²) >= 11 is 1.33. The zero-order valence-electron chi connectivity index (χ0n) is 10.2. The number of nitriles is 1. The molecule has 3 N–H and O–H groups in total. The number of nitrogens with zero attached hydrogens (tertiary/aromatic N) is 1. The van der Waals surface area contributed by atoms with Gasteiger partial charge in [-0.3, -0.25) is 4.79 Å². The van der Waals surface area contributed by atoms with E-state index in [1.165, 1.54) is 11.3 Å². The lowest BCUT2D eigenvalue weighted by molar-refractivity contribution is -0.117. The third kappa shape index (κ3) is 2.99. The molecule has 5 heteroatoms. The van der Waals surface area contributed by atoms with E-state index in [4.69, 9.17) is 11.0 Å². The van der Waals surface area contributed by atoms with Crippen LogP contribution in [-0.4, -0.2) is 12.5 Å². The van der Waals surface area contributed by atoms with Crippen LogP contribution in [0.25, 0.3) is 0 Å². The molecule has 0 saturated heterocycles. The van der Waals surface area contributed by atoms with Gasteiger partial charge < -0.3 is 11.1 Å². The molecule has 0 fully saturated rings. The first-order valence-electron chi connectivity index (χ1n) is 5.79. The second-order valence-corrected chi connectivity index (χ2v) is 4.88. The van der Waals surface area contributed by atoms with Gasteiger partial charge in [-0.15, -0.1) is 11.3 Å². The predicted molar refractivity (Wildman–Crippen MR) is 75.9 cm³/mol. The Morgan fingerprint density at radius 1 is 1.37 bits per heavy atom. The van der Waals surface area contributed by atoms with Crippen LogP contribution in [0.1, 0.15) is 17.0 Å². The molecule has 4 nitrogen and oxygen atoms in total. The molecule has 19 heavy (non-hydrogen) atoms. The highest BCUT2D eigenvalue weighted by molar-refractivity contribution is 7.14. The quantitative estimate of drug-likeness (QED) is 0.895. The molecular weight excluding hydrogens is 258 g/mol. The third-order valence-electron chi connectivity index (χ3n) is 2.78. The summed E-state index contributed by atoms with van der Waals surface area (Å²) in [6.45, 7) is 0.225. The van der Waals surface area contributed by atoms with Gasteiger partial charge in [-0.2, -0.15) is 5.26 Å². The predicted octanol–water partition coefficient (Wildman–Crippen LogP) is 2.30. The molecule has 0 bridgehead atoms. The molecule has 2 rings (SSSR count). The fourth-order valence-corrected chi connectivity index (χ4v) is 2.51. The standard InChI is InChI=1S/C14H13N3OS/c15-8-11-6-7-19-14(11)17-13(18)12(9-16)10-4-2-1-3-5-10/h1-7,12H,9,16H2,(H,17,18). The summed E-state index contributed by atoms with van der Waals surface area (Å²) in [5.74, 6) is -0.595. The highest BCUT2D eigenvalue weighted by Crippen LogP contribution is 2.24. The summed E-state index contributed by atoms with van der Waals surface area (Å²) in [7, 11) is 0. The van der Waals surface area contributed by atoms with Crippen molar-refractivity contribution in [1.29, 1.82) is 5.26 Å². The summed E-state index contributed by atoms with van der Waals surface area (Å²) in [5.41, 5.74) is 7.03. The van der Waals surface area contributed by atoms with Crippen molar-refractivity contribution in [2.75, 3.05) is 11.9 Å². The molecule has 2 aromatic rings. The topological polar surface area (TPSA) is 78.9 Å². The van der Waals surface area contributed by atoms with Crippen molar-refractivity contribution < 1.29 is 4.79 Å². The van der Waals surface area contributed by atoms with Crippen LogP contribution in [0.3, 0.4) is 0 Å². The summed E-state index contributed by atoms with van der Waals surface area (Å²) in [4.78, 5) is 12.2. The number of anilines is 1. The van der Waals surface area contributed by atoms with Crippen LogP contribution >= 0.6 is 11.3 Å². The summed E-state index contributed by atoms with van der Waals surface area (Å²) in [6.07, 6.45) is 0. The molecular formula is C14H13N3OS. The fraction of sp³-hybridized carbons (Fsp3) is 0.143. The van der Waals surface area contributed by atoms with Gasteiger partial charge in [0.1, 0.15) is 11.1 Å². The first-order valence-corrected chi connectivity index (χ1v) is 6.67. The molecule has 1 atom stereocenters. The Hall–Kier alpha value is -2.16. The number of nitrogens with two attached hydrogens (primary N) is 1. The molecule has 0 aliphatic heterocycles. The van der Waals surface area contributed by atoms with E-state index in [-0.39, 0.29) is 12.5 Å². The van der Waals surface area contributed by atoms with Crippen molar-refractivity contribution >= 4 is 22.2 Å². The highest BCUT2D eigenvalue weighted by atomic mass is 32.1. The lowest BCUT2D eigenvalue weighted by Crippen LogP contribution is -2.27. The Labute approximate surface area is 115 Å². The molecule has 0 aliphatic carbocycles. The largest absolute Gasteiger partial charge is 0.329 e. The SMILES string of the molecule is N#Cc1ccsc1NC(=O)C(CN)c1ccccc1. The molecule has 0 saturated carbocycles. The number of hydrogen-bond donors (Lipinski definition) is 2. The number of amides is 1. The average molecular weight is 271 g/mol. The van der Waals surface area contributed by atoms with E-state index in [0.717, 1.165) is 5.56 Å². The third-order valence-corrected chi connectivity index (χ3v) is 3.61. The second-order valence-electron chi connectivity index (χ2n) is 3.96. The molecule has 1 amide bonds. The molecule has 1 aromatic heterocycles. The fourth-order valence-electron chi connectivity index (χ4n) is 1.77. The normalized spacial score (nSPS) is 11.6. The van der Waals surface area contributed by atoms with Crippen molar-refractivity contribution in [3.8, 4) is 6.07 Å². The maximum Gasteiger partial charge on any atom is 0.233 e. The maximum absolute atomic E-state index is 12.2. The number of thiophene rings is 1. The van der Waals surface area contributed by atoms with Crippen LogP contribution < -0.4 is 11.1 Å². The van der Waals surface area contributed by atoms with E-state index in [1.807, 2.05) is 36.4 Å². The van der Waals surface area contributed by atoms with Crippen molar-refractivity contribution in [1.82, 2.24) is 0 Å². The van der Waals surface area contributed by atoms with E-state index < -0.39 is 5.92 Å². The van der Waals surface area contributed by atoms with Gasteiger partial charge >= 0.3 is 0 Å². The van der Waals surface area contributed by atoms with Gasteiger partial charge in [0.25, 0.3) is 0 Å². The van der Waals surface area contributed by atoms with Crippen molar-refractivity contribution in [3.63, 3.8) is 0 Å². The number of benzene rings is 1. The zero-order chi connectivity index (χ0) is 13.7. The van der Waals surface area contributed by atoms with Gasteiger partial charge in [-0.05, 0) is 17.0 Å². The van der Waals surface area contributed by atoms with Crippen LogP contribution in [0.2, 0.25) is 0 Å². The maximum atomic E-state index is 12.2. The van der Waals surface area contributed by atoms with Gasteiger partial charge in [-0.1, -0.05) is 30.3 Å². The zero-order valence-corrected chi connectivity index (χ0v) is 11.0. The molecule has 96 valence electrons. The summed E-state index contributed by atoms with van der Waals surface area (Å²) < 4.78 is 0. The second kappa shape index (κ2) is 6.14. The summed E-state index contributed by atoms with van der Waals surface area (Å²) in [5, 5.41) is 14.0. The Morgan fingerprint density at radius 2 is 2.11 bits per heavy atom. The Bertz CT molecular complexity index is 601. The van der Waals surface area contributed by atoms with E-state index in [9.17, 15) is 4.79 Å². The minimum Gasteiger partial charge on any atom is -0.329 e. The molecule has 0 spiro atoms. The lowest BCUT2D eigenvalue weighted by Gasteiger charge is -2.14. The monoisotopic (exact) mass is 271 g/mol. The molecule has 1 aromatic carbocycles. The minimum absolute atomic E-state index is 0.187. The summed E-state index contributed by atoms with van der Waals surface area (Å²) in [6, 6.07) is 13.1. The Kier molecular flexibility index (Phi) is 4.29. The van der Waals surface area contributed by atoms with Crippen LogP contribution in [0.15, 0.2) is 41.8 Å². The van der Waals surface area contributed by atoms with Gasteiger partial charge in [0.15, 0.2) is 0 Å². The van der Waals surface area contributed by atoms with Gasteiger partial charge in [0, 0.05) is 6.54 Å². The van der Waals surface area contributed by atoms with Crippen LogP contribution in [0.5, 0.6) is 0 Å². The Balaban J connectivity index is 2.17. The Morgan fingerprint density at radius 3 is 2.74 bits per heavy atom. The number of hydrogen-bond acceptors (Lipinski definition) is 4. The number of nitrogens with one attached hydrogen (secondary N) is 1. The number of carbonyl (C=O) groups excluding carboxylic acids is 1. The van der Waals surface area contributed by atoms with E-state index in [1.54, 1.807) is 11.4 Å². The molecule has 0 aliphatic rings. The smallest absolute Gasteiger partial charge is 0.233 e. The van der Waals surface area contributed by atoms with Gasteiger partial charge in [0.2, 0.25) is 5.91 Å². The van der Waals surface area contributed by atoms with E-state index in [0.29, 0.717) is 10.6 Å². The first kappa shape index (κ1) is 13.3. The highest BCUT2D eigenvalue weighted by Gasteiger charge is 2.20. The molecule has 0 radical (unpaired) electrons. The van der Waals surface area contributed by atoms with Crippen molar-refractivity contribution in [2.45, 2.75) is 5.92 Å². The van der Waals surface area contributed by atoms with Gasteiger partial charge in [0.05, 0.1) is 11.5 Å². The first-order chi connectivity index (χ1) is 9.26. The van der Waals surface area contributed by atoms with E-state index >= 15 is 0 Å². The molecule has 1 heterocycles. The van der Waals surface area contributed by atoms with E-state index in [2.05, 4.69) is 5.32 Å². The van der Waals surface area contributed by atoms with Crippen LogP contribution in [0.4, 0.5) is 5.00 Å². The average Bonchev–Trinajstić information content (AvgIpc) is 2.88. The molecule has 1 unspecified atom stereocenters. The minimum atomic E-state index is -0.408. The van der Waals surface area contributed by atoms with Crippen molar-refractivity contribution in [2.24, 2.45) is 5.73 Å². The number of carbonyl (C=O) groups is 1. The number of rotatable bonds is 4. The van der Waals surface area contributed by atoms with Gasteiger partial charge in [-0.25, -0.2) is 0 Å². The van der Waals surface area contributed by atoms with Crippen molar-refractivity contribution in [3.05, 3.63) is 52.9 Å².